The van der Waals surface area contributed by atoms with Crippen LogP contribution in [0.5, 0.6) is 0 Å². The number of sulfonamides is 1. The van der Waals surface area contributed by atoms with E-state index in [1.807, 2.05) is 0 Å². The standard InChI is InChI=1S/C22H21F4N5O4S2/c1-37(32,33)31-11-9-30(10-12-31)20-18(15-3-2-4-17(13-15)36-35-34-27)19(14-5-7-16(23)8-6-14)28-21(29-20)22(24,25)26/h2-8,13H,9-12,27H2,1H3. The summed E-state index contributed by atoms with van der Waals surface area (Å²) in [5, 5.41) is 0. The molecule has 0 spiro atoms. The molecule has 1 fully saturated rings. The lowest BCUT2D eigenvalue weighted by Crippen LogP contribution is -2.48. The van der Waals surface area contributed by atoms with Gasteiger partial charge in [0.25, 0.3) is 0 Å². The van der Waals surface area contributed by atoms with E-state index >= 15 is 0 Å². The minimum Gasteiger partial charge on any atom is -0.353 e. The molecular weight excluding hydrogens is 538 g/mol. The van der Waals surface area contributed by atoms with Gasteiger partial charge in [0.1, 0.15) is 11.6 Å². The Balaban J connectivity index is 1.93. The summed E-state index contributed by atoms with van der Waals surface area (Å²) < 4.78 is 85.3. The maximum absolute atomic E-state index is 13.9. The molecule has 15 heteroatoms. The van der Waals surface area contributed by atoms with E-state index in [0.29, 0.717) is 10.5 Å². The third-order valence-electron chi connectivity index (χ3n) is 5.56. The minimum absolute atomic E-state index is 0.0343. The smallest absolute Gasteiger partial charge is 0.353 e. The zero-order valence-electron chi connectivity index (χ0n) is 19.3. The number of hydrogen-bond acceptors (Lipinski definition) is 9. The molecule has 0 unspecified atom stereocenters. The quantitative estimate of drug-likeness (QED) is 0.200. The first-order chi connectivity index (χ1) is 17.5. The number of alkyl halides is 3. The second-order valence-electron chi connectivity index (χ2n) is 8.02. The van der Waals surface area contributed by atoms with Crippen molar-refractivity contribution >= 4 is 27.9 Å². The predicted octanol–water partition coefficient (Wildman–Crippen LogP) is 3.88. The van der Waals surface area contributed by atoms with Crippen LogP contribution in [-0.2, 0) is 25.5 Å². The molecule has 0 radical (unpaired) electrons. The van der Waals surface area contributed by atoms with E-state index < -0.39 is 27.8 Å². The molecular formula is C22H21F4N5O4S2. The molecule has 2 heterocycles. The Labute approximate surface area is 214 Å². The molecule has 2 aromatic carbocycles. The van der Waals surface area contributed by atoms with Gasteiger partial charge in [-0.1, -0.05) is 12.1 Å². The Bertz CT molecular complexity index is 1370. The Morgan fingerprint density at radius 1 is 1.00 bits per heavy atom. The van der Waals surface area contributed by atoms with Gasteiger partial charge in [-0.15, -0.1) is 9.32 Å². The highest BCUT2D eigenvalue weighted by atomic mass is 32.2. The zero-order chi connectivity index (χ0) is 26.8. The van der Waals surface area contributed by atoms with Gasteiger partial charge in [0, 0.05) is 36.6 Å². The summed E-state index contributed by atoms with van der Waals surface area (Å²) in [5.41, 5.74) is 0.865. The van der Waals surface area contributed by atoms with Crippen molar-refractivity contribution in [2.45, 2.75) is 11.1 Å². The topological polar surface area (TPSA) is 111 Å². The molecule has 0 saturated carbocycles. The Kier molecular flexibility index (Phi) is 8.01. The number of benzene rings is 2. The molecule has 1 aromatic heterocycles. The predicted molar refractivity (Wildman–Crippen MR) is 129 cm³/mol. The molecule has 4 rings (SSSR count). The molecule has 0 atom stereocenters. The number of hydrogen-bond donors (Lipinski definition) is 1. The van der Waals surface area contributed by atoms with Crippen LogP contribution < -0.4 is 10.8 Å². The lowest BCUT2D eigenvalue weighted by atomic mass is 9.98. The second-order valence-corrected chi connectivity index (χ2v) is 10.8. The average Bonchev–Trinajstić information content (AvgIpc) is 2.86. The molecule has 1 aliphatic heterocycles. The number of aromatic nitrogens is 2. The van der Waals surface area contributed by atoms with Crippen LogP contribution in [0.3, 0.4) is 0 Å². The summed E-state index contributed by atoms with van der Waals surface area (Å²) in [7, 11) is -3.48. The van der Waals surface area contributed by atoms with Gasteiger partial charge in [-0.3, -0.25) is 0 Å². The van der Waals surface area contributed by atoms with E-state index in [-0.39, 0.29) is 48.8 Å². The molecule has 37 heavy (non-hydrogen) atoms. The normalized spacial score (nSPS) is 15.2. The maximum Gasteiger partial charge on any atom is 0.451 e. The van der Waals surface area contributed by atoms with Crippen molar-refractivity contribution in [3.8, 4) is 22.4 Å². The van der Waals surface area contributed by atoms with Crippen molar-refractivity contribution < 1.29 is 35.3 Å². The fraction of sp³-hybridized carbons (Fsp3) is 0.273. The Morgan fingerprint density at radius 2 is 1.68 bits per heavy atom. The zero-order valence-corrected chi connectivity index (χ0v) is 20.9. The van der Waals surface area contributed by atoms with Crippen LogP contribution >= 0.6 is 12.0 Å². The van der Waals surface area contributed by atoms with Gasteiger partial charge in [-0.05, 0) is 42.0 Å². The number of anilines is 1. The fourth-order valence-corrected chi connectivity index (χ4v) is 5.13. The van der Waals surface area contributed by atoms with Gasteiger partial charge in [-0.25, -0.2) is 22.8 Å². The van der Waals surface area contributed by atoms with Crippen molar-refractivity contribution in [3.63, 3.8) is 0 Å². The van der Waals surface area contributed by atoms with Crippen LogP contribution in [0, 0.1) is 5.82 Å². The first-order valence-electron chi connectivity index (χ1n) is 10.7. The molecule has 9 nitrogen and oxygen atoms in total. The fourth-order valence-electron chi connectivity index (χ4n) is 3.88. The molecule has 0 bridgehead atoms. The summed E-state index contributed by atoms with van der Waals surface area (Å²) in [6.07, 6.45) is -3.80. The van der Waals surface area contributed by atoms with E-state index in [4.69, 9.17) is 10.2 Å². The second kappa shape index (κ2) is 10.9. The largest absolute Gasteiger partial charge is 0.451 e. The minimum atomic E-state index is -4.87. The highest BCUT2D eigenvalue weighted by molar-refractivity contribution is 7.94. The molecule has 3 aromatic rings. The first kappa shape index (κ1) is 27.2. The van der Waals surface area contributed by atoms with Gasteiger partial charge in [0.15, 0.2) is 0 Å². The van der Waals surface area contributed by atoms with Gasteiger partial charge in [0.2, 0.25) is 15.8 Å². The lowest BCUT2D eigenvalue weighted by molar-refractivity contribution is -0.195. The van der Waals surface area contributed by atoms with Crippen LogP contribution in [0.15, 0.2) is 53.4 Å². The summed E-state index contributed by atoms with van der Waals surface area (Å²) in [4.78, 5) is 14.0. The SMILES string of the molecule is CS(=O)(=O)N1CCN(c2nc(C(F)(F)F)nc(-c3ccc(F)cc3)c2-c2cccc(SOON)c2)CC1. The third kappa shape index (κ3) is 6.37. The number of nitrogens with two attached hydrogens (primary N) is 1. The number of nitrogens with zero attached hydrogens (tertiary/aromatic N) is 4. The van der Waals surface area contributed by atoms with E-state index in [9.17, 15) is 26.0 Å². The van der Waals surface area contributed by atoms with Crippen molar-refractivity contribution in [3.05, 3.63) is 60.2 Å². The summed E-state index contributed by atoms with van der Waals surface area (Å²) in [6.45, 7) is 0.311. The Morgan fingerprint density at radius 3 is 2.27 bits per heavy atom. The lowest BCUT2D eigenvalue weighted by Gasteiger charge is -2.35. The van der Waals surface area contributed by atoms with Crippen LogP contribution in [0.4, 0.5) is 23.4 Å². The van der Waals surface area contributed by atoms with E-state index in [0.717, 1.165) is 30.4 Å². The summed E-state index contributed by atoms with van der Waals surface area (Å²) in [5.74, 6) is 2.93. The molecule has 198 valence electrons. The molecule has 0 aliphatic carbocycles. The third-order valence-corrected chi connectivity index (χ3v) is 7.46. The van der Waals surface area contributed by atoms with Gasteiger partial charge >= 0.3 is 6.18 Å². The number of rotatable bonds is 7. The van der Waals surface area contributed by atoms with Gasteiger partial charge in [-0.2, -0.15) is 23.4 Å². The van der Waals surface area contributed by atoms with Crippen molar-refractivity contribution in [1.29, 1.82) is 0 Å². The average molecular weight is 560 g/mol. The van der Waals surface area contributed by atoms with Gasteiger partial charge in [0.05, 0.1) is 29.6 Å². The Hall–Kier alpha value is -2.82. The highest BCUT2D eigenvalue weighted by Crippen LogP contribution is 2.41. The molecule has 1 saturated heterocycles. The van der Waals surface area contributed by atoms with Crippen LogP contribution in [-0.4, -0.2) is 55.1 Å². The van der Waals surface area contributed by atoms with Gasteiger partial charge < -0.3 is 4.90 Å². The maximum atomic E-state index is 13.9. The highest BCUT2D eigenvalue weighted by Gasteiger charge is 2.38. The summed E-state index contributed by atoms with van der Waals surface area (Å²) in [6, 6.07) is 11.5. The first-order valence-corrected chi connectivity index (χ1v) is 13.3. The molecule has 0 amide bonds. The molecule has 1 aliphatic rings. The van der Waals surface area contributed by atoms with Crippen molar-refractivity contribution in [2.24, 2.45) is 5.90 Å². The number of piperazine rings is 1. The van der Waals surface area contributed by atoms with Crippen LogP contribution in [0.1, 0.15) is 5.82 Å². The van der Waals surface area contributed by atoms with Crippen LogP contribution in [0.2, 0.25) is 0 Å². The van der Waals surface area contributed by atoms with Crippen LogP contribution in [0.25, 0.3) is 22.4 Å². The molecule has 2 N–H and O–H groups in total. The summed E-state index contributed by atoms with van der Waals surface area (Å²) >= 11 is 0.780. The monoisotopic (exact) mass is 559 g/mol. The van der Waals surface area contributed by atoms with Crippen molar-refractivity contribution in [1.82, 2.24) is 14.3 Å². The van der Waals surface area contributed by atoms with E-state index in [1.54, 1.807) is 29.2 Å². The van der Waals surface area contributed by atoms with E-state index in [1.165, 1.54) is 16.4 Å². The van der Waals surface area contributed by atoms with Crippen molar-refractivity contribution in [2.75, 3.05) is 37.3 Å². The number of halogens is 4. The van der Waals surface area contributed by atoms with E-state index in [2.05, 4.69) is 15.0 Å².